The van der Waals surface area contributed by atoms with Crippen molar-refractivity contribution in [1.82, 2.24) is 9.66 Å². The number of hydrogen-bond acceptors (Lipinski definition) is 6. The first-order valence-electron chi connectivity index (χ1n) is 11.7. The van der Waals surface area contributed by atoms with Gasteiger partial charge in [-0.05, 0) is 68.6 Å². The molecule has 0 aliphatic carbocycles. The lowest BCUT2D eigenvalue weighted by Crippen LogP contribution is -2.23. The SMILES string of the molecule is CC[C@@H](C)c1nc2ccc(Br)cc2c(=O)n1N=Cc1cc(OC)c(OCc2ccccc2C#N)c(Br)c1Br. The van der Waals surface area contributed by atoms with Crippen molar-refractivity contribution in [3.63, 3.8) is 0 Å². The van der Waals surface area contributed by atoms with Crippen molar-refractivity contribution in [2.75, 3.05) is 7.11 Å². The van der Waals surface area contributed by atoms with Gasteiger partial charge >= 0.3 is 0 Å². The molecule has 0 bridgehead atoms. The van der Waals surface area contributed by atoms with Gasteiger partial charge in [-0.25, -0.2) is 4.98 Å². The van der Waals surface area contributed by atoms with Crippen LogP contribution < -0.4 is 15.0 Å². The quantitative estimate of drug-likeness (QED) is 0.177. The summed E-state index contributed by atoms with van der Waals surface area (Å²) in [7, 11) is 1.54. The average Bonchev–Trinajstić information content (AvgIpc) is 2.93. The summed E-state index contributed by atoms with van der Waals surface area (Å²) in [4.78, 5) is 18.2. The van der Waals surface area contributed by atoms with E-state index in [4.69, 9.17) is 14.5 Å². The fourth-order valence-electron chi connectivity index (χ4n) is 3.79. The highest BCUT2D eigenvalue weighted by Crippen LogP contribution is 2.42. The largest absolute Gasteiger partial charge is 0.493 e. The number of rotatable bonds is 8. The second-order valence-electron chi connectivity index (χ2n) is 8.49. The molecule has 7 nitrogen and oxygen atoms in total. The number of nitriles is 1. The minimum Gasteiger partial charge on any atom is -0.493 e. The van der Waals surface area contributed by atoms with E-state index in [2.05, 4.69) is 59.0 Å². The molecular formula is C28H23Br3N4O3. The lowest BCUT2D eigenvalue weighted by atomic mass is 10.1. The number of ether oxygens (including phenoxy) is 2. The molecule has 0 unspecified atom stereocenters. The summed E-state index contributed by atoms with van der Waals surface area (Å²) in [6, 6.07) is 16.7. The van der Waals surface area contributed by atoms with Gasteiger partial charge < -0.3 is 9.47 Å². The van der Waals surface area contributed by atoms with Crippen molar-refractivity contribution in [3.05, 3.63) is 94.8 Å². The van der Waals surface area contributed by atoms with Crippen LogP contribution in [0.4, 0.5) is 0 Å². The first-order valence-corrected chi connectivity index (χ1v) is 14.1. The lowest BCUT2D eigenvalue weighted by molar-refractivity contribution is 0.282. The van der Waals surface area contributed by atoms with Gasteiger partial charge in [0.15, 0.2) is 11.5 Å². The number of halogens is 3. The zero-order valence-corrected chi connectivity index (χ0v) is 25.6. The van der Waals surface area contributed by atoms with Gasteiger partial charge in [-0.1, -0.05) is 48.0 Å². The van der Waals surface area contributed by atoms with E-state index in [1.165, 1.54) is 4.68 Å². The molecule has 0 N–H and O–H groups in total. The van der Waals surface area contributed by atoms with Crippen LogP contribution >= 0.6 is 47.8 Å². The molecule has 0 saturated carbocycles. The normalized spacial score (nSPS) is 12.0. The standard InChI is InChI=1S/C28H23Br3N4O3/c1-4-16(2)27-34-22-10-9-20(29)12-21(22)28(36)35(27)33-14-19-11-23(37-3)26(25(31)24(19)30)38-15-18-8-6-5-7-17(18)13-32/h5-12,14,16H,4,15H2,1-3H3/t16-/m1/s1. The molecule has 194 valence electrons. The molecule has 10 heteroatoms. The van der Waals surface area contributed by atoms with Crippen molar-refractivity contribution in [2.45, 2.75) is 32.8 Å². The summed E-state index contributed by atoms with van der Waals surface area (Å²) in [6.45, 7) is 4.25. The van der Waals surface area contributed by atoms with Crippen LogP contribution in [0.5, 0.6) is 11.5 Å². The molecule has 0 amide bonds. The van der Waals surface area contributed by atoms with E-state index in [1.807, 2.05) is 44.2 Å². The Morgan fingerprint density at radius 1 is 1.16 bits per heavy atom. The van der Waals surface area contributed by atoms with Crippen LogP contribution in [-0.4, -0.2) is 23.0 Å². The maximum atomic E-state index is 13.4. The fraction of sp³-hybridized carbons (Fsp3) is 0.214. The number of aromatic nitrogens is 2. The Labute approximate surface area is 245 Å². The van der Waals surface area contributed by atoms with Crippen LogP contribution in [0.15, 0.2) is 71.8 Å². The first-order chi connectivity index (χ1) is 18.3. The molecule has 0 spiro atoms. The van der Waals surface area contributed by atoms with Gasteiger partial charge in [0.2, 0.25) is 0 Å². The average molecular weight is 703 g/mol. The van der Waals surface area contributed by atoms with Crippen LogP contribution in [0.2, 0.25) is 0 Å². The third-order valence-electron chi connectivity index (χ3n) is 6.08. The second kappa shape index (κ2) is 12.2. The minimum atomic E-state index is -0.249. The fourth-order valence-corrected chi connectivity index (χ4v) is 5.09. The van der Waals surface area contributed by atoms with Crippen molar-refractivity contribution in [3.8, 4) is 17.6 Å². The first kappa shape index (κ1) is 28.0. The second-order valence-corrected chi connectivity index (χ2v) is 11.0. The molecule has 4 rings (SSSR count). The van der Waals surface area contributed by atoms with Crippen LogP contribution in [-0.2, 0) is 6.61 Å². The van der Waals surface area contributed by atoms with E-state index in [0.29, 0.717) is 48.3 Å². The highest BCUT2D eigenvalue weighted by molar-refractivity contribution is 9.13. The maximum absolute atomic E-state index is 13.4. The van der Waals surface area contributed by atoms with Gasteiger partial charge in [-0.2, -0.15) is 15.0 Å². The topological polar surface area (TPSA) is 89.5 Å². The van der Waals surface area contributed by atoms with Gasteiger partial charge in [-0.3, -0.25) is 4.79 Å². The van der Waals surface area contributed by atoms with Crippen molar-refractivity contribution in [2.24, 2.45) is 5.10 Å². The van der Waals surface area contributed by atoms with Gasteiger partial charge in [0, 0.05) is 26.0 Å². The lowest BCUT2D eigenvalue weighted by Gasteiger charge is -2.16. The molecule has 38 heavy (non-hydrogen) atoms. The van der Waals surface area contributed by atoms with Crippen molar-refractivity contribution < 1.29 is 9.47 Å². The molecule has 1 atom stereocenters. The number of hydrogen-bond donors (Lipinski definition) is 0. The number of nitrogens with zero attached hydrogens (tertiary/aromatic N) is 4. The zero-order valence-electron chi connectivity index (χ0n) is 20.8. The summed E-state index contributed by atoms with van der Waals surface area (Å²) in [5, 5.41) is 14.4. The minimum absolute atomic E-state index is 0.0182. The maximum Gasteiger partial charge on any atom is 0.282 e. The molecule has 0 aliphatic rings. The van der Waals surface area contributed by atoms with E-state index >= 15 is 0 Å². The Morgan fingerprint density at radius 2 is 1.92 bits per heavy atom. The smallest absolute Gasteiger partial charge is 0.282 e. The third-order valence-corrected chi connectivity index (χ3v) is 8.72. The molecule has 4 aromatic rings. The molecule has 1 aromatic heterocycles. The van der Waals surface area contributed by atoms with Gasteiger partial charge in [0.25, 0.3) is 5.56 Å². The number of benzene rings is 3. The predicted molar refractivity (Wildman–Crippen MR) is 159 cm³/mol. The number of methoxy groups -OCH3 is 1. The van der Waals surface area contributed by atoms with E-state index in [9.17, 15) is 10.1 Å². The summed E-state index contributed by atoms with van der Waals surface area (Å²) in [5.41, 5.74) is 2.35. The molecule has 0 fully saturated rings. The van der Waals surface area contributed by atoms with Gasteiger partial charge in [-0.15, -0.1) is 0 Å². The van der Waals surface area contributed by atoms with Crippen molar-refractivity contribution >= 4 is 64.9 Å². The van der Waals surface area contributed by atoms with Crippen molar-refractivity contribution in [1.29, 1.82) is 5.26 Å². The monoisotopic (exact) mass is 700 g/mol. The summed E-state index contributed by atoms with van der Waals surface area (Å²) < 4.78 is 15.1. The van der Waals surface area contributed by atoms with E-state index < -0.39 is 0 Å². The van der Waals surface area contributed by atoms with Gasteiger partial charge in [0.1, 0.15) is 12.4 Å². The Morgan fingerprint density at radius 3 is 2.63 bits per heavy atom. The summed E-state index contributed by atoms with van der Waals surface area (Å²) in [5.74, 6) is 1.54. The molecule has 0 saturated heterocycles. The molecule has 0 aliphatic heterocycles. The zero-order chi connectivity index (χ0) is 27.4. The summed E-state index contributed by atoms with van der Waals surface area (Å²) >= 11 is 10.6. The van der Waals surface area contributed by atoms with E-state index in [-0.39, 0.29) is 18.1 Å². The summed E-state index contributed by atoms with van der Waals surface area (Å²) in [6.07, 6.45) is 2.39. The number of fused-ring (bicyclic) bond motifs is 1. The van der Waals surface area contributed by atoms with Crippen LogP contribution in [0.3, 0.4) is 0 Å². The Balaban J connectivity index is 1.75. The van der Waals surface area contributed by atoms with Crippen LogP contribution in [0, 0.1) is 11.3 Å². The molecule has 1 heterocycles. The predicted octanol–water partition coefficient (Wildman–Crippen LogP) is 7.54. The van der Waals surface area contributed by atoms with E-state index in [1.54, 1.807) is 31.5 Å². The molecule has 3 aromatic carbocycles. The van der Waals surface area contributed by atoms with Gasteiger partial charge in [0.05, 0.1) is 40.3 Å². The highest BCUT2D eigenvalue weighted by atomic mass is 79.9. The third kappa shape index (κ3) is 5.70. The van der Waals surface area contributed by atoms with Crippen LogP contribution in [0.25, 0.3) is 10.9 Å². The molecular weight excluding hydrogens is 680 g/mol. The van der Waals surface area contributed by atoms with E-state index in [0.717, 1.165) is 16.5 Å². The van der Waals surface area contributed by atoms with Crippen LogP contribution in [0.1, 0.15) is 48.7 Å². The Hall–Kier alpha value is -3.00. The molecule has 0 radical (unpaired) electrons. The highest BCUT2D eigenvalue weighted by Gasteiger charge is 2.19. The Bertz CT molecular complexity index is 1640. The Kier molecular flexibility index (Phi) is 9.03.